The zero-order chi connectivity index (χ0) is 12.0. The van der Waals surface area contributed by atoms with E-state index in [1.165, 1.54) is 6.92 Å². The summed E-state index contributed by atoms with van der Waals surface area (Å²) >= 11 is 3.39. The molecule has 0 saturated carbocycles. The predicted octanol–water partition coefficient (Wildman–Crippen LogP) is 3.48. The highest BCUT2D eigenvalue weighted by Crippen LogP contribution is 2.19. The first-order chi connectivity index (χ1) is 6.91. The zero-order valence-electron chi connectivity index (χ0n) is 9.58. The van der Waals surface area contributed by atoms with E-state index in [9.17, 15) is 10.1 Å². The Bertz CT molecular complexity index is 298. The van der Waals surface area contributed by atoms with Crippen molar-refractivity contribution in [1.82, 2.24) is 4.90 Å². The highest BCUT2D eigenvalue weighted by atomic mass is 79.9. The molecule has 0 heterocycles. The maximum atomic E-state index is 10.6. The highest BCUT2D eigenvalue weighted by Gasteiger charge is 2.13. The Morgan fingerprint density at radius 1 is 1.53 bits per heavy atom. The summed E-state index contributed by atoms with van der Waals surface area (Å²) in [5.41, 5.74) is 0.804. The molecule has 5 heteroatoms. The Kier molecular flexibility index (Phi) is 6.24. The van der Waals surface area contributed by atoms with E-state index < -0.39 is 0 Å². The topological polar surface area (TPSA) is 46.4 Å². The van der Waals surface area contributed by atoms with Crippen molar-refractivity contribution in [2.45, 2.75) is 33.6 Å². The van der Waals surface area contributed by atoms with Gasteiger partial charge in [-0.2, -0.15) is 0 Å². The van der Waals surface area contributed by atoms with Crippen molar-refractivity contribution in [1.29, 1.82) is 0 Å². The van der Waals surface area contributed by atoms with Gasteiger partial charge in [0.2, 0.25) is 0 Å². The smallest absolute Gasteiger partial charge is 0.262 e. The van der Waals surface area contributed by atoms with Crippen LogP contribution in [0.15, 0.2) is 22.1 Å². The van der Waals surface area contributed by atoms with Crippen LogP contribution in [-0.4, -0.2) is 16.9 Å². The van der Waals surface area contributed by atoms with Crippen molar-refractivity contribution in [2.75, 3.05) is 7.05 Å². The molecule has 0 aliphatic rings. The molecule has 0 aliphatic carbocycles. The Balaban J connectivity index is 4.78. The monoisotopic (exact) mass is 276 g/mol. The predicted molar refractivity (Wildman–Crippen MR) is 65.0 cm³/mol. The summed E-state index contributed by atoms with van der Waals surface area (Å²) in [4.78, 5) is 12.0. The summed E-state index contributed by atoms with van der Waals surface area (Å²) in [5.74, 6) is 0. The van der Waals surface area contributed by atoms with E-state index in [-0.39, 0.29) is 10.6 Å². The lowest BCUT2D eigenvalue weighted by Crippen LogP contribution is -2.15. The van der Waals surface area contributed by atoms with Crippen LogP contribution in [0.5, 0.6) is 0 Å². The molecular formula is C10H17BrN2O2. The second-order valence-corrected chi connectivity index (χ2v) is 4.11. The third kappa shape index (κ3) is 4.46. The van der Waals surface area contributed by atoms with Crippen molar-refractivity contribution in [3.63, 3.8) is 0 Å². The quantitative estimate of drug-likeness (QED) is 0.439. The van der Waals surface area contributed by atoms with Gasteiger partial charge in [0.15, 0.2) is 0 Å². The van der Waals surface area contributed by atoms with E-state index in [1.807, 2.05) is 6.08 Å². The zero-order valence-corrected chi connectivity index (χ0v) is 11.2. The van der Waals surface area contributed by atoms with E-state index in [1.54, 1.807) is 18.9 Å². The second kappa shape index (κ2) is 6.61. The Morgan fingerprint density at radius 2 is 2.07 bits per heavy atom. The first kappa shape index (κ1) is 14.2. The van der Waals surface area contributed by atoms with Crippen LogP contribution in [0.25, 0.3) is 0 Å². The largest absolute Gasteiger partial charge is 0.338 e. The van der Waals surface area contributed by atoms with Crippen molar-refractivity contribution < 1.29 is 4.92 Å². The molecular weight excluding hydrogens is 260 g/mol. The van der Waals surface area contributed by atoms with Gasteiger partial charge < -0.3 is 4.90 Å². The number of unbranched alkanes of at least 4 members (excludes halogenated alkanes) is 1. The van der Waals surface area contributed by atoms with E-state index in [0.29, 0.717) is 5.70 Å². The van der Waals surface area contributed by atoms with Crippen molar-refractivity contribution in [3.8, 4) is 0 Å². The van der Waals surface area contributed by atoms with Crippen LogP contribution in [0.2, 0.25) is 0 Å². The number of rotatable bonds is 5. The molecule has 86 valence electrons. The van der Waals surface area contributed by atoms with Crippen LogP contribution in [0.3, 0.4) is 0 Å². The maximum absolute atomic E-state index is 10.6. The van der Waals surface area contributed by atoms with E-state index in [0.717, 1.165) is 17.4 Å². The average molecular weight is 277 g/mol. The van der Waals surface area contributed by atoms with Crippen LogP contribution in [0.4, 0.5) is 0 Å². The van der Waals surface area contributed by atoms with Gasteiger partial charge in [-0.25, -0.2) is 0 Å². The fourth-order valence-corrected chi connectivity index (χ4v) is 1.43. The Hall–Kier alpha value is -0.840. The van der Waals surface area contributed by atoms with Gasteiger partial charge >= 0.3 is 0 Å². The third-order valence-corrected chi connectivity index (χ3v) is 3.08. The molecule has 0 radical (unpaired) electrons. The van der Waals surface area contributed by atoms with Crippen LogP contribution in [0.1, 0.15) is 33.6 Å². The molecule has 0 atom stereocenters. The molecule has 0 fully saturated rings. The van der Waals surface area contributed by atoms with Gasteiger partial charge in [0.05, 0.1) is 15.2 Å². The van der Waals surface area contributed by atoms with Gasteiger partial charge in [-0.3, -0.25) is 10.1 Å². The number of hydrogen-bond acceptors (Lipinski definition) is 3. The van der Waals surface area contributed by atoms with Gasteiger partial charge in [-0.15, -0.1) is 0 Å². The summed E-state index contributed by atoms with van der Waals surface area (Å²) in [5, 5.41) is 10.6. The molecule has 0 aromatic rings. The molecule has 0 aromatic carbocycles. The molecule has 0 rings (SSSR count). The van der Waals surface area contributed by atoms with Gasteiger partial charge in [0.25, 0.3) is 5.70 Å². The number of nitro groups is 1. The molecule has 0 spiro atoms. The van der Waals surface area contributed by atoms with Gasteiger partial charge in [0, 0.05) is 14.0 Å². The van der Waals surface area contributed by atoms with Crippen LogP contribution in [-0.2, 0) is 0 Å². The molecule has 0 N–H and O–H groups in total. The minimum Gasteiger partial charge on any atom is -0.338 e. The first-order valence-corrected chi connectivity index (χ1v) is 5.62. The van der Waals surface area contributed by atoms with Crippen molar-refractivity contribution in [3.05, 3.63) is 32.2 Å². The first-order valence-electron chi connectivity index (χ1n) is 4.83. The standard InChI is InChI=1S/C10H17BrN2O2/c1-5-6-7-10(11)12(4)8(2)9(3)13(14)15/h7H,5-6H2,1-4H3/b9-8+,10-7+. The maximum Gasteiger partial charge on any atom is 0.262 e. The van der Waals surface area contributed by atoms with E-state index >= 15 is 0 Å². The summed E-state index contributed by atoms with van der Waals surface area (Å²) in [6, 6.07) is 0. The van der Waals surface area contributed by atoms with Crippen LogP contribution >= 0.6 is 15.9 Å². The summed E-state index contributed by atoms with van der Waals surface area (Å²) in [6.45, 7) is 5.33. The fourth-order valence-electron chi connectivity index (χ4n) is 0.935. The summed E-state index contributed by atoms with van der Waals surface area (Å²) in [6.07, 6.45) is 4.02. The lowest BCUT2D eigenvalue weighted by atomic mass is 10.3. The van der Waals surface area contributed by atoms with Gasteiger partial charge in [-0.1, -0.05) is 19.4 Å². The Labute approximate surface area is 98.9 Å². The number of allylic oxidation sites excluding steroid dienone is 3. The van der Waals surface area contributed by atoms with Gasteiger partial charge in [0.1, 0.15) is 0 Å². The molecule has 0 unspecified atom stereocenters. The molecule has 4 nitrogen and oxygen atoms in total. The molecule has 0 aliphatic heterocycles. The van der Waals surface area contributed by atoms with Gasteiger partial charge in [-0.05, 0) is 29.3 Å². The van der Waals surface area contributed by atoms with Crippen LogP contribution in [0, 0.1) is 10.1 Å². The lowest BCUT2D eigenvalue weighted by molar-refractivity contribution is -0.426. The fraction of sp³-hybridized carbons (Fsp3) is 0.600. The molecule has 0 saturated heterocycles. The minimum absolute atomic E-state index is 0.166. The third-order valence-electron chi connectivity index (χ3n) is 2.22. The molecule has 0 bridgehead atoms. The molecule has 15 heavy (non-hydrogen) atoms. The Morgan fingerprint density at radius 3 is 2.47 bits per heavy atom. The number of hydrogen-bond donors (Lipinski definition) is 0. The van der Waals surface area contributed by atoms with Crippen LogP contribution < -0.4 is 0 Å². The van der Waals surface area contributed by atoms with Crippen molar-refractivity contribution in [2.24, 2.45) is 0 Å². The van der Waals surface area contributed by atoms with Crippen molar-refractivity contribution >= 4 is 15.9 Å². The normalized spacial score (nSPS) is 13.5. The minimum atomic E-state index is -0.369. The SMILES string of the molecule is CCC/C=C(\Br)N(C)/C(C)=C(\C)[N+](=O)[O-]. The number of halogens is 1. The number of nitrogens with zero attached hydrogens (tertiary/aromatic N) is 2. The molecule has 0 aromatic heterocycles. The van der Waals surface area contributed by atoms with E-state index in [4.69, 9.17) is 0 Å². The summed E-state index contributed by atoms with van der Waals surface area (Å²) in [7, 11) is 1.80. The lowest BCUT2D eigenvalue weighted by Gasteiger charge is -2.18. The second-order valence-electron chi connectivity index (χ2n) is 3.30. The highest BCUT2D eigenvalue weighted by molar-refractivity contribution is 9.11. The molecule has 0 amide bonds. The van der Waals surface area contributed by atoms with E-state index in [2.05, 4.69) is 22.9 Å². The average Bonchev–Trinajstić information content (AvgIpc) is 2.22. The summed E-state index contributed by atoms with van der Waals surface area (Å²) < 4.78 is 0.864.